The number of likely N-dealkylation sites (tertiary alicyclic amines) is 4. The van der Waals surface area contributed by atoms with Gasteiger partial charge in [-0.3, -0.25) is 14.6 Å². The molecule has 4 aliphatic heterocycles. The maximum absolute atomic E-state index is 12.3. The van der Waals surface area contributed by atoms with Gasteiger partial charge in [0.05, 0.1) is 0 Å². The van der Waals surface area contributed by atoms with Gasteiger partial charge in [-0.1, -0.05) is 25.7 Å². The Morgan fingerprint density at radius 2 is 0.947 bits per heavy atom. The minimum absolute atomic E-state index is 0.110. The average molecular weight is 805 g/mol. The summed E-state index contributed by atoms with van der Waals surface area (Å²) in [6.45, 7) is 23.2. The van der Waals surface area contributed by atoms with Crippen LogP contribution >= 0.6 is 0 Å². The van der Waals surface area contributed by atoms with Crippen LogP contribution < -0.4 is 22.5 Å². The van der Waals surface area contributed by atoms with Crippen LogP contribution in [0.1, 0.15) is 158 Å². The van der Waals surface area contributed by atoms with Gasteiger partial charge in [-0.05, 0) is 120 Å². The highest BCUT2D eigenvalue weighted by atomic mass is 16.6. The summed E-state index contributed by atoms with van der Waals surface area (Å²) in [5, 5.41) is 3.87. The van der Waals surface area contributed by atoms with E-state index in [1.165, 1.54) is 51.4 Å². The summed E-state index contributed by atoms with van der Waals surface area (Å²) in [6, 6.07) is 2.02. The largest absolute Gasteiger partial charge is 0.444 e. The second-order valence-corrected chi connectivity index (χ2v) is 20.5. The lowest BCUT2D eigenvalue weighted by Crippen LogP contribution is -2.59. The third-order valence-corrected chi connectivity index (χ3v) is 13.5. The Morgan fingerprint density at radius 1 is 0.579 bits per heavy atom. The fourth-order valence-corrected chi connectivity index (χ4v) is 9.37. The Labute approximate surface area is 346 Å². The molecule has 4 saturated heterocycles. The van der Waals surface area contributed by atoms with Crippen LogP contribution in [0.2, 0.25) is 0 Å². The van der Waals surface area contributed by atoms with Crippen molar-refractivity contribution >= 4 is 18.0 Å². The summed E-state index contributed by atoms with van der Waals surface area (Å²) in [5.74, 6) is 0.376. The number of rotatable bonds is 4. The number of hydrogen-bond donors (Lipinski definition) is 4. The first-order valence-corrected chi connectivity index (χ1v) is 22.7. The van der Waals surface area contributed by atoms with E-state index in [2.05, 4.69) is 29.0 Å². The van der Waals surface area contributed by atoms with Crippen molar-refractivity contribution in [1.82, 2.24) is 24.9 Å². The molecule has 13 nitrogen and oxygen atoms in total. The highest BCUT2D eigenvalue weighted by molar-refractivity contribution is 5.79. The van der Waals surface area contributed by atoms with E-state index in [-0.39, 0.29) is 35.3 Å². The number of ether oxygens (including phenoxy) is 2. The minimum Gasteiger partial charge on any atom is -0.444 e. The number of ketones is 1. The Balaban J connectivity index is 0.000000217. The molecule has 7 N–H and O–H groups in total. The maximum Gasteiger partial charge on any atom is 0.410 e. The van der Waals surface area contributed by atoms with Crippen molar-refractivity contribution in [3.05, 3.63) is 0 Å². The van der Waals surface area contributed by atoms with E-state index in [1.807, 2.05) is 51.3 Å². The molecule has 4 heterocycles. The number of hydrogen-bond acceptors (Lipinski definition) is 11. The fourth-order valence-electron chi connectivity index (χ4n) is 9.37. The second-order valence-electron chi connectivity index (χ2n) is 20.5. The van der Waals surface area contributed by atoms with Gasteiger partial charge >= 0.3 is 12.2 Å². The topological polar surface area (TPSA) is 173 Å². The zero-order chi connectivity index (χ0) is 42.0. The van der Waals surface area contributed by atoms with Crippen LogP contribution in [0.25, 0.3) is 0 Å². The van der Waals surface area contributed by atoms with E-state index in [9.17, 15) is 14.4 Å². The van der Waals surface area contributed by atoms with Crippen molar-refractivity contribution < 1.29 is 23.9 Å². The van der Waals surface area contributed by atoms with Crippen LogP contribution in [0.4, 0.5) is 9.59 Å². The van der Waals surface area contributed by atoms with Crippen molar-refractivity contribution in [3.8, 4) is 0 Å². The lowest BCUT2D eigenvalue weighted by Gasteiger charge is -2.49. The molecule has 330 valence electrons. The lowest BCUT2D eigenvalue weighted by molar-refractivity contribution is -0.123. The van der Waals surface area contributed by atoms with Crippen molar-refractivity contribution in [3.63, 3.8) is 0 Å². The molecule has 6 aliphatic rings. The molecular formula is C44H84N8O5. The molecule has 57 heavy (non-hydrogen) atoms. The quantitative estimate of drug-likeness (QED) is 0.273. The van der Waals surface area contributed by atoms with Gasteiger partial charge in [0.15, 0.2) is 0 Å². The number of nitrogens with one attached hydrogen (secondary N) is 1. The van der Waals surface area contributed by atoms with Crippen molar-refractivity contribution in [2.24, 2.45) is 17.2 Å². The molecule has 6 fully saturated rings. The summed E-state index contributed by atoms with van der Waals surface area (Å²) in [5.41, 5.74) is 17.1. The smallest absolute Gasteiger partial charge is 0.410 e. The third-order valence-electron chi connectivity index (χ3n) is 13.5. The van der Waals surface area contributed by atoms with E-state index in [1.54, 1.807) is 0 Å². The molecule has 4 atom stereocenters. The molecule has 0 radical (unpaired) electrons. The molecule has 2 amide bonds. The number of nitrogens with two attached hydrogens (primary N) is 3. The SMILES string of the molecule is CC(C)(C)OC(=O)N1CCC(C)(N2CCC(=O)CC2)CC1.CC(C)(C)OC(=O)N1CCC(C)(N2CCC(N[C@H]3CCCC[C@H]3N)CC2)CC1.N[C@@H]1CCCC[C@@H]1N. The number of nitrogens with zero attached hydrogens (tertiary/aromatic N) is 4. The number of amides is 2. The highest BCUT2D eigenvalue weighted by Gasteiger charge is 2.41. The van der Waals surface area contributed by atoms with Gasteiger partial charge in [-0.25, -0.2) is 9.59 Å². The first kappa shape index (κ1) is 47.6. The van der Waals surface area contributed by atoms with Gasteiger partial charge in [0.25, 0.3) is 0 Å². The van der Waals surface area contributed by atoms with Gasteiger partial charge in [-0.15, -0.1) is 0 Å². The van der Waals surface area contributed by atoms with Crippen LogP contribution in [0.15, 0.2) is 0 Å². The fraction of sp³-hybridized carbons (Fsp3) is 0.932. The normalized spacial score (nSPS) is 29.3. The molecule has 0 spiro atoms. The molecule has 13 heteroatoms. The molecular weight excluding hydrogens is 721 g/mol. The Morgan fingerprint density at radius 3 is 1.32 bits per heavy atom. The molecule has 2 aliphatic carbocycles. The number of piperidine rings is 4. The van der Waals surface area contributed by atoms with Crippen LogP contribution in [0.3, 0.4) is 0 Å². The molecule has 6 rings (SSSR count). The maximum atomic E-state index is 12.3. The van der Waals surface area contributed by atoms with Gasteiger partial charge in [0.1, 0.15) is 17.0 Å². The van der Waals surface area contributed by atoms with E-state index >= 15 is 0 Å². The van der Waals surface area contributed by atoms with Crippen LogP contribution in [-0.4, -0.2) is 142 Å². The zero-order valence-corrected chi connectivity index (χ0v) is 37.4. The van der Waals surface area contributed by atoms with E-state index < -0.39 is 11.2 Å². The summed E-state index contributed by atoms with van der Waals surface area (Å²) < 4.78 is 11.0. The van der Waals surface area contributed by atoms with Gasteiger partial charge in [-0.2, -0.15) is 0 Å². The number of Topliss-reactive ketones (excluding diaryl/α,β-unsaturated/α-hetero) is 1. The van der Waals surface area contributed by atoms with Gasteiger partial charge < -0.3 is 41.8 Å². The zero-order valence-electron chi connectivity index (χ0n) is 37.4. The molecule has 0 aromatic carbocycles. The van der Waals surface area contributed by atoms with Crippen LogP contribution in [-0.2, 0) is 14.3 Å². The molecule has 0 aromatic rings. The van der Waals surface area contributed by atoms with Crippen molar-refractivity contribution in [2.45, 2.75) is 211 Å². The molecule has 2 saturated carbocycles. The van der Waals surface area contributed by atoms with Gasteiger partial charge in [0, 0.05) is 106 Å². The van der Waals surface area contributed by atoms with E-state index in [0.29, 0.717) is 36.8 Å². The second kappa shape index (κ2) is 21.0. The monoisotopic (exact) mass is 805 g/mol. The first-order valence-electron chi connectivity index (χ1n) is 22.7. The Hall–Kier alpha value is -2.03. The lowest BCUT2D eigenvalue weighted by atomic mass is 9.85. The first-order chi connectivity index (χ1) is 26.7. The molecule has 0 unspecified atom stereocenters. The Bertz CT molecular complexity index is 1240. The minimum atomic E-state index is -0.439. The van der Waals surface area contributed by atoms with Crippen LogP contribution in [0, 0.1) is 0 Å². The standard InChI is InChI=1S/C22H42N4O2.C16H28N2O3.C6H14N2/c1-21(2,3)28-20(27)25-15-11-22(4,12-16-25)26-13-9-17(10-14-26)24-19-8-6-5-7-18(19)23;1-15(2,3)21-14(20)17-11-7-16(4,8-12-17)18-9-5-13(19)6-10-18;7-5-3-1-2-4-6(5)8/h17-19,24H,5-16,23H2,1-4H3;5-12H2,1-4H3;5-6H,1-4,7-8H2/t18-,19+;;5-,6+/m1../s1. The molecule has 0 bridgehead atoms. The summed E-state index contributed by atoms with van der Waals surface area (Å²) in [4.78, 5) is 44.6. The Kier molecular flexibility index (Phi) is 17.5. The number of carbonyl (C=O) groups is 3. The van der Waals surface area contributed by atoms with Crippen molar-refractivity contribution in [1.29, 1.82) is 0 Å². The summed E-state index contributed by atoms with van der Waals surface area (Å²) in [6.07, 6.45) is 17.1. The molecule has 0 aromatic heterocycles. The predicted molar refractivity (Wildman–Crippen MR) is 229 cm³/mol. The van der Waals surface area contributed by atoms with Crippen LogP contribution in [0.5, 0.6) is 0 Å². The third kappa shape index (κ3) is 15.2. The average Bonchev–Trinajstić information content (AvgIpc) is 3.14. The van der Waals surface area contributed by atoms with Crippen molar-refractivity contribution in [2.75, 3.05) is 52.4 Å². The summed E-state index contributed by atoms with van der Waals surface area (Å²) in [7, 11) is 0. The van der Waals surface area contributed by atoms with E-state index in [4.69, 9.17) is 26.7 Å². The number of carbonyl (C=O) groups excluding carboxylic acids is 3. The predicted octanol–water partition coefficient (Wildman–Crippen LogP) is 5.76. The summed E-state index contributed by atoms with van der Waals surface area (Å²) >= 11 is 0. The van der Waals surface area contributed by atoms with E-state index in [0.717, 1.165) is 90.9 Å². The van der Waals surface area contributed by atoms with Gasteiger partial charge in [0.2, 0.25) is 0 Å². The highest BCUT2D eigenvalue weighted by Crippen LogP contribution is 2.33.